The fourth-order valence-electron chi connectivity index (χ4n) is 3.19. The zero-order valence-electron chi connectivity index (χ0n) is 18.8. The van der Waals surface area contributed by atoms with Crippen LogP contribution in [-0.4, -0.2) is 36.1 Å². The van der Waals surface area contributed by atoms with Crippen molar-refractivity contribution in [3.8, 4) is 5.75 Å². The van der Waals surface area contributed by atoms with Crippen LogP contribution in [0.25, 0.3) is 6.08 Å². The number of amides is 1. The van der Waals surface area contributed by atoms with Crippen LogP contribution in [0.1, 0.15) is 21.5 Å². The number of thioether (sulfide) groups is 1. The predicted octanol–water partition coefficient (Wildman–Crippen LogP) is 6.59. The highest BCUT2D eigenvalue weighted by molar-refractivity contribution is 8.18. The summed E-state index contributed by atoms with van der Waals surface area (Å²) in [5, 5.41) is 1.64. The number of carbonyl (C=O) groups is 2. The van der Waals surface area contributed by atoms with Crippen molar-refractivity contribution < 1.29 is 19.1 Å². The third kappa shape index (κ3) is 6.06. The smallest absolute Gasteiger partial charge is 0.337 e. The van der Waals surface area contributed by atoms with Gasteiger partial charge in [0.05, 0.1) is 23.3 Å². The lowest BCUT2D eigenvalue weighted by Gasteiger charge is -2.08. The maximum atomic E-state index is 12.7. The second-order valence-corrected chi connectivity index (χ2v) is 9.36. The fourth-order valence-corrected chi connectivity index (χ4v) is 4.64. The van der Waals surface area contributed by atoms with Gasteiger partial charge in [-0.2, -0.15) is 0 Å². The van der Waals surface area contributed by atoms with E-state index in [2.05, 4.69) is 4.99 Å². The Bertz CT molecular complexity index is 1340. The average molecular weight is 527 g/mol. The summed E-state index contributed by atoms with van der Waals surface area (Å²) in [5.74, 6) is 0.0730. The van der Waals surface area contributed by atoms with Gasteiger partial charge in [-0.05, 0) is 65.9 Å². The quantitative estimate of drug-likeness (QED) is 0.267. The Morgan fingerprint density at radius 1 is 1.09 bits per heavy atom. The number of hydrogen-bond acceptors (Lipinski definition) is 6. The molecule has 0 aliphatic carbocycles. The summed E-state index contributed by atoms with van der Waals surface area (Å²) in [4.78, 5) is 31.1. The minimum atomic E-state index is -0.445. The summed E-state index contributed by atoms with van der Waals surface area (Å²) in [6, 6.07) is 19.4. The monoisotopic (exact) mass is 526 g/mol. The number of aliphatic imine (C=N–C) groups is 1. The van der Waals surface area contributed by atoms with Crippen LogP contribution in [0, 0.1) is 0 Å². The molecule has 35 heavy (non-hydrogen) atoms. The van der Waals surface area contributed by atoms with Gasteiger partial charge in [-0.15, -0.1) is 0 Å². The van der Waals surface area contributed by atoms with Gasteiger partial charge in [0.15, 0.2) is 5.17 Å². The summed E-state index contributed by atoms with van der Waals surface area (Å²) < 4.78 is 10.6. The summed E-state index contributed by atoms with van der Waals surface area (Å²) in [7, 11) is 2.99. The topological polar surface area (TPSA) is 68.2 Å². The molecular weight excluding hydrogens is 507 g/mol. The van der Waals surface area contributed by atoms with Gasteiger partial charge in [0, 0.05) is 22.7 Å². The SMILES string of the molecule is COC(=O)c1cccc(N=C2SC(=Cc3ccc(OCc4ccc(Cl)cc4Cl)cc3)C(=O)N2C)c1. The number of methoxy groups -OCH3 is 1. The number of amidine groups is 1. The molecule has 0 saturated carbocycles. The highest BCUT2D eigenvalue weighted by atomic mass is 35.5. The van der Waals surface area contributed by atoms with Crippen molar-refractivity contribution in [2.75, 3.05) is 14.2 Å². The van der Waals surface area contributed by atoms with Crippen LogP contribution in [0.15, 0.2) is 76.6 Å². The molecule has 0 N–H and O–H groups in total. The van der Waals surface area contributed by atoms with Crippen LogP contribution in [0.2, 0.25) is 10.0 Å². The third-order valence-corrected chi connectivity index (χ3v) is 6.73. The van der Waals surface area contributed by atoms with E-state index in [1.807, 2.05) is 30.3 Å². The first-order valence-corrected chi connectivity index (χ1v) is 12.0. The summed E-state index contributed by atoms with van der Waals surface area (Å²) in [6.07, 6.45) is 1.80. The fraction of sp³-hybridized carbons (Fsp3) is 0.115. The standard InChI is InChI=1S/C26H20Cl2N2O4S/c1-30-24(31)23(35-26(30)29-20-5-3-4-17(13-20)25(32)33-2)12-16-6-10-21(11-7-16)34-15-18-8-9-19(27)14-22(18)28/h3-14H,15H2,1-2H3. The molecule has 0 bridgehead atoms. The first-order valence-electron chi connectivity index (χ1n) is 10.5. The largest absolute Gasteiger partial charge is 0.489 e. The highest BCUT2D eigenvalue weighted by Crippen LogP contribution is 2.33. The summed E-state index contributed by atoms with van der Waals surface area (Å²) >= 11 is 13.4. The van der Waals surface area contributed by atoms with E-state index in [-0.39, 0.29) is 5.91 Å². The molecule has 9 heteroatoms. The van der Waals surface area contributed by atoms with Crippen molar-refractivity contribution in [2.45, 2.75) is 6.61 Å². The van der Waals surface area contributed by atoms with E-state index in [0.29, 0.717) is 43.7 Å². The average Bonchev–Trinajstić information content (AvgIpc) is 3.11. The van der Waals surface area contributed by atoms with E-state index >= 15 is 0 Å². The number of ether oxygens (including phenoxy) is 2. The Morgan fingerprint density at radius 3 is 2.57 bits per heavy atom. The lowest BCUT2D eigenvalue weighted by atomic mass is 10.2. The molecule has 0 aromatic heterocycles. The Labute approximate surface area is 217 Å². The maximum Gasteiger partial charge on any atom is 0.337 e. The van der Waals surface area contributed by atoms with Crippen molar-refractivity contribution in [3.63, 3.8) is 0 Å². The molecule has 6 nitrogen and oxygen atoms in total. The molecule has 1 aliphatic heterocycles. The van der Waals surface area contributed by atoms with E-state index in [9.17, 15) is 9.59 Å². The molecule has 1 aliphatic rings. The van der Waals surface area contributed by atoms with Crippen molar-refractivity contribution in [1.29, 1.82) is 0 Å². The lowest BCUT2D eigenvalue weighted by Crippen LogP contribution is -2.23. The molecule has 3 aromatic carbocycles. The van der Waals surface area contributed by atoms with Gasteiger partial charge < -0.3 is 9.47 Å². The molecule has 178 valence electrons. The number of esters is 1. The minimum absolute atomic E-state index is 0.157. The van der Waals surface area contributed by atoms with Gasteiger partial charge >= 0.3 is 5.97 Å². The lowest BCUT2D eigenvalue weighted by molar-refractivity contribution is -0.121. The number of benzene rings is 3. The Morgan fingerprint density at radius 2 is 1.86 bits per heavy atom. The zero-order valence-corrected chi connectivity index (χ0v) is 21.2. The van der Waals surface area contributed by atoms with Crippen LogP contribution < -0.4 is 4.74 Å². The third-order valence-electron chi connectivity index (χ3n) is 5.08. The molecule has 0 radical (unpaired) electrons. The molecule has 1 fully saturated rings. The number of likely N-dealkylation sites (N-methyl/N-ethyl adjacent to an activating group) is 1. The van der Waals surface area contributed by atoms with Crippen LogP contribution in [-0.2, 0) is 16.1 Å². The molecule has 0 unspecified atom stereocenters. The molecule has 0 atom stereocenters. The van der Waals surface area contributed by atoms with Crippen molar-refractivity contribution in [1.82, 2.24) is 4.90 Å². The van der Waals surface area contributed by atoms with E-state index in [1.165, 1.54) is 23.8 Å². The van der Waals surface area contributed by atoms with Crippen LogP contribution in [0.4, 0.5) is 5.69 Å². The highest BCUT2D eigenvalue weighted by Gasteiger charge is 2.30. The number of hydrogen-bond donors (Lipinski definition) is 0. The molecule has 4 rings (SSSR count). The van der Waals surface area contributed by atoms with Gasteiger partial charge in [-0.3, -0.25) is 9.69 Å². The Hall–Kier alpha value is -3.26. The van der Waals surface area contributed by atoms with Gasteiger partial charge in [0.2, 0.25) is 0 Å². The Kier molecular flexibility index (Phi) is 7.80. The van der Waals surface area contributed by atoms with Gasteiger partial charge in [-0.1, -0.05) is 47.5 Å². The second-order valence-electron chi connectivity index (χ2n) is 7.50. The molecule has 3 aromatic rings. The summed E-state index contributed by atoms with van der Waals surface area (Å²) in [6.45, 7) is 0.312. The maximum absolute atomic E-state index is 12.7. The second kappa shape index (κ2) is 11.0. The van der Waals surface area contributed by atoms with Gasteiger partial charge in [0.25, 0.3) is 5.91 Å². The number of carbonyl (C=O) groups excluding carboxylic acids is 2. The molecular formula is C26H20Cl2N2O4S. The van der Waals surface area contributed by atoms with Gasteiger partial charge in [-0.25, -0.2) is 9.79 Å². The zero-order chi connectivity index (χ0) is 24.9. The molecule has 1 amide bonds. The van der Waals surface area contributed by atoms with E-state index in [0.717, 1.165) is 11.1 Å². The van der Waals surface area contributed by atoms with Crippen molar-refractivity contribution in [2.24, 2.45) is 4.99 Å². The number of nitrogens with zero attached hydrogens (tertiary/aromatic N) is 2. The van der Waals surface area contributed by atoms with Crippen molar-refractivity contribution >= 4 is 63.8 Å². The van der Waals surface area contributed by atoms with Crippen LogP contribution in [0.3, 0.4) is 0 Å². The van der Waals surface area contributed by atoms with Crippen molar-refractivity contribution in [3.05, 3.63) is 98.4 Å². The number of rotatable bonds is 6. The summed E-state index contributed by atoms with van der Waals surface area (Å²) in [5.41, 5.74) is 2.63. The van der Waals surface area contributed by atoms with E-state index < -0.39 is 5.97 Å². The van der Waals surface area contributed by atoms with Gasteiger partial charge in [0.1, 0.15) is 12.4 Å². The van der Waals surface area contributed by atoms with E-state index in [1.54, 1.807) is 49.5 Å². The number of halogens is 2. The predicted molar refractivity (Wildman–Crippen MR) is 140 cm³/mol. The molecule has 0 spiro atoms. The first-order chi connectivity index (χ1) is 16.8. The minimum Gasteiger partial charge on any atom is -0.489 e. The Balaban J connectivity index is 1.45. The van der Waals surface area contributed by atoms with Crippen LogP contribution in [0.5, 0.6) is 5.75 Å². The van der Waals surface area contributed by atoms with E-state index in [4.69, 9.17) is 32.7 Å². The van der Waals surface area contributed by atoms with Crippen LogP contribution >= 0.6 is 35.0 Å². The normalized spacial score (nSPS) is 15.7. The molecule has 1 heterocycles. The molecule has 1 saturated heterocycles. The first kappa shape index (κ1) is 24.9.